The minimum absolute atomic E-state index is 0.00750. The maximum absolute atomic E-state index is 12.0. The van der Waals surface area contributed by atoms with Gasteiger partial charge in [-0.2, -0.15) is 0 Å². The smallest absolute Gasteiger partial charge is 0.222 e. The van der Waals surface area contributed by atoms with Crippen LogP contribution >= 0.6 is 11.3 Å². The monoisotopic (exact) mass is 316 g/mol. The van der Waals surface area contributed by atoms with Gasteiger partial charge in [-0.15, -0.1) is 11.3 Å². The molecule has 0 saturated heterocycles. The van der Waals surface area contributed by atoms with Crippen molar-refractivity contribution >= 4 is 17.2 Å². The number of carbonyl (C=O) groups is 1. The number of thiophene rings is 1. The second-order valence-corrected chi connectivity index (χ2v) is 6.51. The van der Waals surface area contributed by atoms with Crippen LogP contribution in [0.3, 0.4) is 0 Å². The molecule has 2 rings (SSSR count). The summed E-state index contributed by atoms with van der Waals surface area (Å²) in [4.78, 5) is 13.1. The molecule has 3 nitrogen and oxygen atoms in total. The average Bonchev–Trinajstić information content (AvgIpc) is 3.06. The van der Waals surface area contributed by atoms with Crippen LogP contribution in [0.1, 0.15) is 54.7 Å². The van der Waals surface area contributed by atoms with Crippen LogP contribution in [0.2, 0.25) is 0 Å². The third kappa shape index (κ3) is 4.18. The summed E-state index contributed by atoms with van der Waals surface area (Å²) >= 11 is 1.65. The Morgan fingerprint density at radius 1 is 1.23 bits per heavy atom. The van der Waals surface area contributed by atoms with Crippen molar-refractivity contribution in [3.05, 3.63) is 57.8 Å². The number of rotatable bonds is 7. The van der Waals surface area contributed by atoms with Gasteiger partial charge in [0.1, 0.15) is 0 Å². The Morgan fingerprint density at radius 2 is 1.91 bits per heavy atom. The summed E-state index contributed by atoms with van der Waals surface area (Å²) in [6.07, 6.45) is 1.48. The summed E-state index contributed by atoms with van der Waals surface area (Å²) in [5.74, 6) is 0.549. The highest BCUT2D eigenvalue weighted by Gasteiger charge is 2.17. The lowest BCUT2D eigenvalue weighted by atomic mass is 9.95. The molecule has 0 bridgehead atoms. The molecule has 1 aromatic heterocycles. The van der Waals surface area contributed by atoms with E-state index in [0.717, 1.165) is 16.9 Å². The normalized spacial score (nSPS) is 13.6. The average molecular weight is 316 g/mol. The van der Waals surface area contributed by atoms with Crippen LogP contribution in [-0.2, 0) is 4.79 Å². The highest BCUT2D eigenvalue weighted by molar-refractivity contribution is 7.10. The Hall–Kier alpha value is -1.65. The van der Waals surface area contributed by atoms with Crippen molar-refractivity contribution in [2.45, 2.75) is 38.6 Å². The molecular weight excluding hydrogens is 292 g/mol. The van der Waals surface area contributed by atoms with Crippen LogP contribution in [0.15, 0.2) is 41.8 Å². The molecular formula is C18H24N2OS. The van der Waals surface area contributed by atoms with Crippen molar-refractivity contribution in [2.75, 3.05) is 6.54 Å². The first-order valence-corrected chi connectivity index (χ1v) is 8.66. The highest BCUT2D eigenvalue weighted by Crippen LogP contribution is 2.28. The predicted molar refractivity (Wildman–Crippen MR) is 93.1 cm³/mol. The second-order valence-electron chi connectivity index (χ2n) is 5.53. The van der Waals surface area contributed by atoms with Crippen LogP contribution in [-0.4, -0.2) is 12.5 Å². The molecule has 2 unspecified atom stereocenters. The first-order valence-electron chi connectivity index (χ1n) is 7.78. The third-order valence-corrected chi connectivity index (χ3v) is 4.89. The molecule has 3 N–H and O–H groups in total. The van der Waals surface area contributed by atoms with Crippen molar-refractivity contribution in [3.63, 3.8) is 0 Å². The van der Waals surface area contributed by atoms with Gasteiger partial charge < -0.3 is 11.1 Å². The van der Waals surface area contributed by atoms with Crippen molar-refractivity contribution in [1.82, 2.24) is 5.32 Å². The number of hydrogen-bond acceptors (Lipinski definition) is 3. The largest absolute Gasteiger partial charge is 0.344 e. The summed E-state index contributed by atoms with van der Waals surface area (Å²) in [5.41, 5.74) is 7.92. The van der Waals surface area contributed by atoms with Gasteiger partial charge in [0.05, 0.1) is 6.04 Å². The molecule has 0 aliphatic rings. The molecule has 0 aliphatic heterocycles. The van der Waals surface area contributed by atoms with E-state index in [2.05, 4.69) is 49.5 Å². The van der Waals surface area contributed by atoms with Crippen molar-refractivity contribution in [3.8, 4) is 0 Å². The topological polar surface area (TPSA) is 55.1 Å². The van der Waals surface area contributed by atoms with Gasteiger partial charge in [-0.25, -0.2) is 0 Å². The Morgan fingerprint density at radius 3 is 2.45 bits per heavy atom. The van der Waals surface area contributed by atoms with Crippen LogP contribution in [0.25, 0.3) is 0 Å². The maximum Gasteiger partial charge on any atom is 0.222 e. The van der Waals surface area contributed by atoms with Gasteiger partial charge in [0.25, 0.3) is 0 Å². The summed E-state index contributed by atoms with van der Waals surface area (Å²) in [6, 6.07) is 12.5. The lowest BCUT2D eigenvalue weighted by molar-refractivity contribution is -0.121. The Bertz CT molecular complexity index is 578. The van der Waals surface area contributed by atoms with Crippen LogP contribution in [0, 0.1) is 0 Å². The molecule has 4 heteroatoms. The molecule has 1 aromatic carbocycles. The number of nitrogens with one attached hydrogen (secondary N) is 1. The molecule has 2 atom stereocenters. The zero-order chi connectivity index (χ0) is 15.9. The van der Waals surface area contributed by atoms with Crippen LogP contribution in [0.4, 0.5) is 0 Å². The van der Waals surface area contributed by atoms with E-state index in [4.69, 9.17) is 5.73 Å². The van der Waals surface area contributed by atoms with Gasteiger partial charge in [-0.1, -0.05) is 44.2 Å². The van der Waals surface area contributed by atoms with E-state index in [9.17, 15) is 4.79 Å². The summed E-state index contributed by atoms with van der Waals surface area (Å²) in [7, 11) is 0. The molecule has 0 radical (unpaired) electrons. The van der Waals surface area contributed by atoms with E-state index in [1.165, 1.54) is 5.56 Å². The van der Waals surface area contributed by atoms with Crippen molar-refractivity contribution in [2.24, 2.45) is 5.73 Å². The van der Waals surface area contributed by atoms with Crippen molar-refractivity contribution < 1.29 is 4.79 Å². The van der Waals surface area contributed by atoms with E-state index in [1.54, 1.807) is 11.3 Å². The molecule has 22 heavy (non-hydrogen) atoms. The number of nitrogens with two attached hydrogens (primary N) is 1. The SMILES string of the molecule is CCC(C)c1ccc(C(NC(=O)CCN)c2cccs2)cc1. The predicted octanol–water partition coefficient (Wildman–Crippen LogP) is 3.82. The summed E-state index contributed by atoms with van der Waals surface area (Å²) < 4.78 is 0. The standard InChI is InChI=1S/C18H24N2OS/c1-3-13(2)14-6-8-15(9-7-14)18(16-5-4-12-22-16)20-17(21)10-11-19/h4-9,12-13,18H,3,10-11,19H2,1-2H3,(H,20,21). The Labute approximate surface area is 136 Å². The minimum Gasteiger partial charge on any atom is -0.344 e. The summed E-state index contributed by atoms with van der Waals surface area (Å²) in [6.45, 7) is 4.80. The zero-order valence-corrected chi connectivity index (χ0v) is 14.0. The maximum atomic E-state index is 12.0. The van der Waals surface area contributed by atoms with Gasteiger partial charge in [-0.3, -0.25) is 4.79 Å². The molecule has 0 fully saturated rings. The lowest BCUT2D eigenvalue weighted by Gasteiger charge is -2.19. The van der Waals surface area contributed by atoms with E-state index >= 15 is 0 Å². The van der Waals surface area contributed by atoms with Crippen LogP contribution in [0.5, 0.6) is 0 Å². The Kier molecular flexibility index (Phi) is 6.16. The molecule has 0 spiro atoms. The summed E-state index contributed by atoms with van der Waals surface area (Å²) in [5, 5.41) is 5.12. The zero-order valence-electron chi connectivity index (χ0n) is 13.2. The van der Waals surface area contributed by atoms with E-state index in [-0.39, 0.29) is 11.9 Å². The molecule has 1 amide bonds. The first-order chi connectivity index (χ1) is 10.7. The minimum atomic E-state index is -0.0926. The molecule has 0 saturated carbocycles. The third-order valence-electron chi connectivity index (χ3n) is 3.96. The number of benzene rings is 1. The van der Waals surface area contributed by atoms with Gasteiger partial charge in [0.15, 0.2) is 0 Å². The molecule has 0 aliphatic carbocycles. The first kappa shape index (κ1) is 16.7. The van der Waals surface area contributed by atoms with E-state index in [1.807, 2.05) is 11.4 Å². The van der Waals surface area contributed by atoms with Gasteiger partial charge in [0, 0.05) is 17.8 Å². The van der Waals surface area contributed by atoms with Gasteiger partial charge in [0.2, 0.25) is 5.91 Å². The van der Waals surface area contributed by atoms with Gasteiger partial charge >= 0.3 is 0 Å². The van der Waals surface area contributed by atoms with Crippen molar-refractivity contribution in [1.29, 1.82) is 0 Å². The van der Waals surface area contributed by atoms with E-state index < -0.39 is 0 Å². The Balaban J connectivity index is 2.23. The highest BCUT2D eigenvalue weighted by atomic mass is 32.1. The molecule has 1 heterocycles. The molecule has 118 valence electrons. The molecule has 2 aromatic rings. The lowest BCUT2D eigenvalue weighted by Crippen LogP contribution is -2.30. The number of hydrogen-bond donors (Lipinski definition) is 2. The second kappa shape index (κ2) is 8.11. The fraction of sp³-hybridized carbons (Fsp3) is 0.389. The van der Waals surface area contributed by atoms with E-state index in [0.29, 0.717) is 18.9 Å². The number of amides is 1. The number of carbonyl (C=O) groups excluding carboxylic acids is 1. The fourth-order valence-corrected chi connectivity index (χ4v) is 3.19. The van der Waals surface area contributed by atoms with Gasteiger partial charge in [-0.05, 0) is 34.9 Å². The van der Waals surface area contributed by atoms with Crippen LogP contribution < -0.4 is 11.1 Å². The fourth-order valence-electron chi connectivity index (χ4n) is 2.39. The quantitative estimate of drug-likeness (QED) is 0.816.